The van der Waals surface area contributed by atoms with Gasteiger partial charge in [-0.05, 0) is 30.2 Å². The number of nitrogens with two attached hydrogens (primary N) is 1. The van der Waals surface area contributed by atoms with Crippen LogP contribution in [0.3, 0.4) is 0 Å². The molecular formula is C22H24FN5O. The zero-order chi connectivity index (χ0) is 20.2. The van der Waals surface area contributed by atoms with Crippen molar-refractivity contribution < 1.29 is 9.18 Å². The van der Waals surface area contributed by atoms with Gasteiger partial charge in [-0.2, -0.15) is 0 Å². The largest absolute Gasteiger partial charge is 0.352 e. The molecule has 2 aromatic carbocycles. The summed E-state index contributed by atoms with van der Waals surface area (Å²) in [4.78, 5) is 25.4. The maximum Gasteiger partial charge on any atom is 0.224 e. The Morgan fingerprint density at radius 1 is 1.03 bits per heavy atom. The molecule has 150 valence electrons. The van der Waals surface area contributed by atoms with Gasteiger partial charge in [-0.25, -0.2) is 14.4 Å². The van der Waals surface area contributed by atoms with E-state index in [0.29, 0.717) is 38.2 Å². The lowest BCUT2D eigenvalue weighted by Crippen LogP contribution is -2.50. The number of nitrogens with zero attached hydrogens (tertiary/aromatic N) is 4. The highest BCUT2D eigenvalue weighted by Crippen LogP contribution is 2.23. The summed E-state index contributed by atoms with van der Waals surface area (Å²) >= 11 is 0. The molecule has 1 aliphatic rings. The molecule has 3 aromatic rings. The van der Waals surface area contributed by atoms with Crippen LogP contribution < -0.4 is 10.6 Å². The number of carbonyl (C=O) groups excluding carboxylic acids is 1. The molecule has 0 aliphatic carbocycles. The third-order valence-electron chi connectivity index (χ3n) is 5.33. The standard InChI is InChI=1S/C22H24FN5O/c23-19-7-3-1-5-16(19)13-17(24)14-21(29)27-9-11-28(12-10-27)22-18-6-2-4-8-20(18)25-15-26-22/h1-8,15,17H,9-14,24H2/t17-/m1/s1. The van der Waals surface area contributed by atoms with E-state index in [2.05, 4.69) is 14.9 Å². The molecule has 0 radical (unpaired) electrons. The van der Waals surface area contributed by atoms with Crippen LogP contribution in [0, 0.1) is 5.82 Å². The van der Waals surface area contributed by atoms with Crippen molar-refractivity contribution in [3.05, 3.63) is 66.2 Å². The Morgan fingerprint density at radius 2 is 1.76 bits per heavy atom. The molecule has 4 rings (SSSR count). The number of halogens is 1. The average Bonchev–Trinajstić information content (AvgIpc) is 2.75. The van der Waals surface area contributed by atoms with E-state index >= 15 is 0 Å². The van der Waals surface area contributed by atoms with E-state index < -0.39 is 6.04 Å². The molecule has 2 N–H and O–H groups in total. The first-order valence-electron chi connectivity index (χ1n) is 9.83. The van der Waals surface area contributed by atoms with Crippen molar-refractivity contribution in [1.82, 2.24) is 14.9 Å². The predicted molar refractivity (Wildman–Crippen MR) is 111 cm³/mol. The van der Waals surface area contributed by atoms with Crippen LogP contribution in [0.2, 0.25) is 0 Å². The summed E-state index contributed by atoms with van der Waals surface area (Å²) in [6.07, 6.45) is 2.15. The van der Waals surface area contributed by atoms with Gasteiger partial charge in [-0.15, -0.1) is 0 Å². The fourth-order valence-electron chi connectivity index (χ4n) is 3.78. The maximum atomic E-state index is 13.8. The highest BCUT2D eigenvalue weighted by molar-refractivity contribution is 5.89. The van der Waals surface area contributed by atoms with Crippen molar-refractivity contribution >= 4 is 22.6 Å². The minimum Gasteiger partial charge on any atom is -0.352 e. The SMILES string of the molecule is N[C@@H](CC(=O)N1CCN(c2ncnc3ccccc23)CC1)Cc1ccccc1F. The third-order valence-corrected chi connectivity index (χ3v) is 5.33. The second-order valence-electron chi connectivity index (χ2n) is 7.34. The normalized spacial score (nSPS) is 15.5. The lowest BCUT2D eigenvalue weighted by Gasteiger charge is -2.36. The second-order valence-corrected chi connectivity index (χ2v) is 7.34. The van der Waals surface area contributed by atoms with Crippen LogP contribution in [-0.2, 0) is 11.2 Å². The van der Waals surface area contributed by atoms with E-state index in [-0.39, 0.29) is 18.1 Å². The number of anilines is 1. The van der Waals surface area contributed by atoms with Crippen LogP contribution in [-0.4, -0.2) is 53.0 Å². The highest BCUT2D eigenvalue weighted by atomic mass is 19.1. The smallest absolute Gasteiger partial charge is 0.224 e. The van der Waals surface area contributed by atoms with Gasteiger partial charge in [0.05, 0.1) is 5.52 Å². The number of carbonyl (C=O) groups is 1. The number of hydrogen-bond donors (Lipinski definition) is 1. The fraction of sp³-hybridized carbons (Fsp3) is 0.318. The van der Waals surface area contributed by atoms with Gasteiger partial charge in [-0.1, -0.05) is 30.3 Å². The molecule has 6 nitrogen and oxygen atoms in total. The van der Waals surface area contributed by atoms with E-state index in [4.69, 9.17) is 5.73 Å². The van der Waals surface area contributed by atoms with E-state index in [1.807, 2.05) is 29.2 Å². The molecule has 1 atom stereocenters. The first kappa shape index (κ1) is 19.3. The van der Waals surface area contributed by atoms with Gasteiger partial charge in [0.2, 0.25) is 5.91 Å². The molecule has 7 heteroatoms. The Kier molecular flexibility index (Phi) is 5.67. The maximum absolute atomic E-state index is 13.8. The number of piperazine rings is 1. The van der Waals surface area contributed by atoms with E-state index in [1.165, 1.54) is 6.07 Å². The Labute approximate surface area is 169 Å². The van der Waals surface area contributed by atoms with Crippen molar-refractivity contribution in [2.75, 3.05) is 31.1 Å². The summed E-state index contributed by atoms with van der Waals surface area (Å²) in [6, 6.07) is 14.1. The monoisotopic (exact) mass is 393 g/mol. The fourth-order valence-corrected chi connectivity index (χ4v) is 3.78. The molecule has 0 saturated carbocycles. The molecule has 1 aromatic heterocycles. The molecule has 29 heavy (non-hydrogen) atoms. The zero-order valence-corrected chi connectivity index (χ0v) is 16.2. The summed E-state index contributed by atoms with van der Waals surface area (Å²) in [6.45, 7) is 2.64. The van der Waals surface area contributed by atoms with Gasteiger partial charge in [0, 0.05) is 44.0 Å². The molecule has 0 bridgehead atoms. The van der Waals surface area contributed by atoms with E-state index in [9.17, 15) is 9.18 Å². The summed E-state index contributed by atoms with van der Waals surface area (Å²) in [5, 5.41) is 1.02. The average molecular weight is 393 g/mol. The van der Waals surface area contributed by atoms with Crippen molar-refractivity contribution in [3.63, 3.8) is 0 Å². The first-order valence-corrected chi connectivity index (χ1v) is 9.83. The summed E-state index contributed by atoms with van der Waals surface area (Å²) in [5.74, 6) is 0.640. The van der Waals surface area contributed by atoms with Gasteiger partial charge in [0.15, 0.2) is 0 Å². The van der Waals surface area contributed by atoms with Crippen LogP contribution in [0.4, 0.5) is 10.2 Å². The van der Waals surface area contributed by atoms with Crippen molar-refractivity contribution in [3.8, 4) is 0 Å². The predicted octanol–water partition coefficient (Wildman–Crippen LogP) is 2.38. The Bertz CT molecular complexity index is 998. The van der Waals surface area contributed by atoms with E-state index in [0.717, 1.165) is 16.7 Å². The minimum atomic E-state index is -0.400. The third kappa shape index (κ3) is 4.35. The number of benzene rings is 2. The minimum absolute atomic E-state index is 0.0148. The molecular weight excluding hydrogens is 369 g/mol. The van der Waals surface area contributed by atoms with Crippen molar-refractivity contribution in [2.45, 2.75) is 18.9 Å². The lowest BCUT2D eigenvalue weighted by molar-refractivity contribution is -0.131. The van der Waals surface area contributed by atoms with Crippen molar-refractivity contribution in [2.24, 2.45) is 5.73 Å². The number of hydrogen-bond acceptors (Lipinski definition) is 5. The highest BCUT2D eigenvalue weighted by Gasteiger charge is 2.24. The first-order chi connectivity index (χ1) is 14.1. The number of amides is 1. The van der Waals surface area contributed by atoms with Crippen LogP contribution in [0.15, 0.2) is 54.9 Å². The van der Waals surface area contributed by atoms with Gasteiger partial charge >= 0.3 is 0 Å². The Hall–Kier alpha value is -3.06. The van der Waals surface area contributed by atoms with Crippen LogP contribution in [0.5, 0.6) is 0 Å². The van der Waals surface area contributed by atoms with Gasteiger partial charge in [0.25, 0.3) is 0 Å². The molecule has 2 heterocycles. The number of fused-ring (bicyclic) bond motifs is 1. The zero-order valence-electron chi connectivity index (χ0n) is 16.2. The molecule has 1 saturated heterocycles. The van der Waals surface area contributed by atoms with Gasteiger partial charge < -0.3 is 15.5 Å². The van der Waals surface area contributed by atoms with Crippen LogP contribution >= 0.6 is 0 Å². The lowest BCUT2D eigenvalue weighted by atomic mass is 10.0. The second kappa shape index (κ2) is 8.53. The van der Waals surface area contributed by atoms with Gasteiger partial charge in [0.1, 0.15) is 18.0 Å². The number of aromatic nitrogens is 2. The topological polar surface area (TPSA) is 75.4 Å². The van der Waals surface area contributed by atoms with Gasteiger partial charge in [-0.3, -0.25) is 4.79 Å². The molecule has 0 spiro atoms. The molecule has 1 aliphatic heterocycles. The van der Waals surface area contributed by atoms with Crippen molar-refractivity contribution in [1.29, 1.82) is 0 Å². The summed E-state index contributed by atoms with van der Waals surface area (Å²) < 4.78 is 13.8. The summed E-state index contributed by atoms with van der Waals surface area (Å²) in [7, 11) is 0. The molecule has 0 unspecified atom stereocenters. The number of para-hydroxylation sites is 1. The van der Waals surface area contributed by atoms with Crippen LogP contribution in [0.25, 0.3) is 10.9 Å². The molecule has 1 amide bonds. The quantitative estimate of drug-likeness (QED) is 0.720. The summed E-state index contributed by atoms with van der Waals surface area (Å²) in [5.41, 5.74) is 7.58. The Balaban J connectivity index is 1.34. The number of rotatable bonds is 5. The van der Waals surface area contributed by atoms with Crippen LogP contribution in [0.1, 0.15) is 12.0 Å². The Morgan fingerprint density at radius 3 is 2.55 bits per heavy atom. The van der Waals surface area contributed by atoms with E-state index in [1.54, 1.807) is 24.5 Å². The molecule has 1 fully saturated rings.